The summed E-state index contributed by atoms with van der Waals surface area (Å²) in [7, 11) is 1.67. The van der Waals surface area contributed by atoms with Gasteiger partial charge in [0.05, 0.1) is 12.0 Å². The van der Waals surface area contributed by atoms with E-state index in [9.17, 15) is 4.79 Å². The van der Waals surface area contributed by atoms with Gasteiger partial charge in [-0.3, -0.25) is 4.79 Å². The molecule has 2 heterocycles. The van der Waals surface area contributed by atoms with Crippen molar-refractivity contribution < 1.29 is 9.53 Å². The van der Waals surface area contributed by atoms with Crippen LogP contribution in [0.2, 0.25) is 0 Å². The van der Waals surface area contributed by atoms with Gasteiger partial charge in [0.25, 0.3) is 5.91 Å². The van der Waals surface area contributed by atoms with Crippen LogP contribution in [0.3, 0.4) is 0 Å². The second-order valence-corrected chi connectivity index (χ2v) is 6.95. The minimum Gasteiger partial charge on any atom is -0.497 e. The Hall–Kier alpha value is -1.59. The molecule has 1 aliphatic rings. The number of piperazine rings is 1. The minimum atomic E-state index is 0.151. The van der Waals surface area contributed by atoms with Gasteiger partial charge in [0.2, 0.25) is 0 Å². The average Bonchev–Trinajstić information content (AvgIpc) is 2.86. The number of nitrogens with one attached hydrogen (secondary N) is 1. The van der Waals surface area contributed by atoms with Gasteiger partial charge in [-0.05, 0) is 49.9 Å². The molecule has 5 heteroatoms. The van der Waals surface area contributed by atoms with E-state index in [0.717, 1.165) is 39.4 Å². The van der Waals surface area contributed by atoms with Crippen molar-refractivity contribution in [2.24, 2.45) is 0 Å². The number of amides is 1. The first-order valence-electron chi connectivity index (χ1n) is 7.64. The summed E-state index contributed by atoms with van der Waals surface area (Å²) in [5.41, 5.74) is 1.06. The Morgan fingerprint density at radius 1 is 1.41 bits per heavy atom. The molecule has 3 rings (SSSR count). The lowest BCUT2D eigenvalue weighted by Crippen LogP contribution is -2.57. The van der Waals surface area contributed by atoms with Gasteiger partial charge in [0.15, 0.2) is 0 Å². The number of thiophene rings is 1. The molecule has 0 radical (unpaired) electrons. The summed E-state index contributed by atoms with van der Waals surface area (Å²) < 4.78 is 6.43. The van der Waals surface area contributed by atoms with E-state index in [4.69, 9.17) is 4.74 Å². The molecule has 22 heavy (non-hydrogen) atoms. The lowest BCUT2D eigenvalue weighted by atomic mass is 10.1. The van der Waals surface area contributed by atoms with Crippen LogP contribution in [0.25, 0.3) is 10.1 Å². The molecule has 2 atom stereocenters. The quantitative estimate of drug-likeness (QED) is 0.925. The molecule has 0 bridgehead atoms. The molecule has 2 aromatic rings. The molecular weight excluding hydrogens is 296 g/mol. The fourth-order valence-electron chi connectivity index (χ4n) is 3.00. The molecule has 0 spiro atoms. The molecule has 1 N–H and O–H groups in total. The molecule has 1 saturated heterocycles. The highest BCUT2D eigenvalue weighted by molar-refractivity contribution is 7.21. The Kier molecular flexibility index (Phi) is 4.10. The second-order valence-electron chi connectivity index (χ2n) is 5.90. The number of methoxy groups -OCH3 is 1. The minimum absolute atomic E-state index is 0.151. The van der Waals surface area contributed by atoms with Crippen molar-refractivity contribution in [1.82, 2.24) is 10.2 Å². The Balaban J connectivity index is 1.99. The Labute approximate surface area is 135 Å². The summed E-state index contributed by atoms with van der Waals surface area (Å²) >= 11 is 1.58. The smallest absolute Gasteiger partial charge is 0.264 e. The van der Waals surface area contributed by atoms with Crippen LogP contribution in [0.4, 0.5) is 0 Å². The predicted octanol–water partition coefficient (Wildman–Crippen LogP) is 3.04. The largest absolute Gasteiger partial charge is 0.497 e. The van der Waals surface area contributed by atoms with Crippen LogP contribution < -0.4 is 10.1 Å². The van der Waals surface area contributed by atoms with Crippen LogP contribution >= 0.6 is 11.3 Å². The molecular formula is C17H22N2O2S. The highest BCUT2D eigenvalue weighted by Crippen LogP contribution is 2.34. The van der Waals surface area contributed by atoms with E-state index in [0.29, 0.717) is 6.04 Å². The van der Waals surface area contributed by atoms with Crippen LogP contribution in [0, 0.1) is 6.92 Å². The van der Waals surface area contributed by atoms with Gasteiger partial charge in [0.1, 0.15) is 5.75 Å². The number of hydrogen-bond donors (Lipinski definition) is 1. The molecule has 2 unspecified atom stereocenters. The summed E-state index contributed by atoms with van der Waals surface area (Å²) in [6.07, 6.45) is 0. The number of nitrogens with zero attached hydrogens (tertiary/aromatic N) is 1. The van der Waals surface area contributed by atoms with Crippen LogP contribution in [0.15, 0.2) is 18.2 Å². The van der Waals surface area contributed by atoms with Gasteiger partial charge in [0, 0.05) is 29.9 Å². The lowest BCUT2D eigenvalue weighted by molar-refractivity contribution is 0.0607. The maximum absolute atomic E-state index is 13.0. The number of ether oxygens (including phenoxy) is 1. The van der Waals surface area contributed by atoms with E-state index in [1.54, 1.807) is 18.4 Å². The van der Waals surface area contributed by atoms with Crippen molar-refractivity contribution in [2.45, 2.75) is 32.9 Å². The Bertz CT molecular complexity index is 710. The normalized spacial score (nSPS) is 22.1. The summed E-state index contributed by atoms with van der Waals surface area (Å²) in [5, 5.41) is 4.53. The molecule has 1 aromatic carbocycles. The highest BCUT2D eigenvalue weighted by atomic mass is 32.1. The van der Waals surface area contributed by atoms with E-state index in [2.05, 4.69) is 19.2 Å². The van der Waals surface area contributed by atoms with E-state index < -0.39 is 0 Å². The number of carbonyl (C=O) groups is 1. The summed E-state index contributed by atoms with van der Waals surface area (Å²) in [5.74, 6) is 0.982. The monoisotopic (exact) mass is 318 g/mol. The molecule has 1 fully saturated rings. The third-order valence-electron chi connectivity index (χ3n) is 4.63. The number of aryl methyl sites for hydroxylation is 1. The van der Waals surface area contributed by atoms with Gasteiger partial charge >= 0.3 is 0 Å². The number of fused-ring (bicyclic) bond motifs is 1. The molecule has 1 aliphatic heterocycles. The van der Waals surface area contributed by atoms with E-state index in [-0.39, 0.29) is 11.9 Å². The Morgan fingerprint density at radius 3 is 2.91 bits per heavy atom. The summed E-state index contributed by atoms with van der Waals surface area (Å²) in [6.45, 7) is 7.89. The van der Waals surface area contributed by atoms with Crippen LogP contribution in [-0.4, -0.2) is 43.1 Å². The fourth-order valence-corrected chi connectivity index (χ4v) is 4.15. The van der Waals surface area contributed by atoms with E-state index in [1.165, 1.54) is 0 Å². The van der Waals surface area contributed by atoms with Gasteiger partial charge < -0.3 is 15.0 Å². The average molecular weight is 318 g/mol. The first-order valence-corrected chi connectivity index (χ1v) is 8.46. The standard InChI is InChI=1S/C17H22N2O2S/c1-10-14-9-13(21-4)5-6-15(14)22-16(10)17(20)19-8-7-18-11(2)12(19)3/h5-6,9,11-12,18H,7-8H2,1-4H3. The van der Waals surface area contributed by atoms with Crippen molar-refractivity contribution in [3.63, 3.8) is 0 Å². The van der Waals surface area contributed by atoms with Crippen molar-refractivity contribution >= 4 is 27.3 Å². The molecule has 0 saturated carbocycles. The third kappa shape index (κ3) is 2.48. The first-order chi connectivity index (χ1) is 10.5. The fraction of sp³-hybridized carbons (Fsp3) is 0.471. The Morgan fingerprint density at radius 2 is 2.18 bits per heavy atom. The topological polar surface area (TPSA) is 41.6 Å². The van der Waals surface area contributed by atoms with Crippen LogP contribution in [-0.2, 0) is 0 Å². The zero-order valence-electron chi connectivity index (χ0n) is 13.5. The van der Waals surface area contributed by atoms with Crippen molar-refractivity contribution in [3.8, 4) is 5.75 Å². The van der Waals surface area contributed by atoms with Crippen LogP contribution in [0.1, 0.15) is 29.1 Å². The number of carbonyl (C=O) groups excluding carboxylic acids is 1. The van der Waals surface area contributed by atoms with E-state index in [1.807, 2.05) is 30.0 Å². The van der Waals surface area contributed by atoms with Crippen molar-refractivity contribution in [1.29, 1.82) is 0 Å². The molecule has 0 aliphatic carbocycles. The zero-order chi connectivity index (χ0) is 15.9. The predicted molar refractivity (Wildman–Crippen MR) is 91.1 cm³/mol. The molecule has 1 aromatic heterocycles. The van der Waals surface area contributed by atoms with Crippen molar-refractivity contribution in [3.05, 3.63) is 28.6 Å². The number of rotatable bonds is 2. The summed E-state index contributed by atoms with van der Waals surface area (Å²) in [6, 6.07) is 6.53. The van der Waals surface area contributed by atoms with Gasteiger partial charge in [-0.1, -0.05) is 0 Å². The maximum atomic E-state index is 13.0. The van der Waals surface area contributed by atoms with Gasteiger partial charge in [-0.2, -0.15) is 0 Å². The lowest BCUT2D eigenvalue weighted by Gasteiger charge is -2.38. The van der Waals surface area contributed by atoms with Gasteiger partial charge in [-0.15, -0.1) is 11.3 Å². The molecule has 118 valence electrons. The van der Waals surface area contributed by atoms with Gasteiger partial charge in [-0.25, -0.2) is 0 Å². The number of benzene rings is 1. The second kappa shape index (κ2) is 5.89. The summed E-state index contributed by atoms with van der Waals surface area (Å²) in [4.78, 5) is 15.8. The molecule has 1 amide bonds. The van der Waals surface area contributed by atoms with E-state index >= 15 is 0 Å². The maximum Gasteiger partial charge on any atom is 0.264 e. The zero-order valence-corrected chi connectivity index (χ0v) is 14.3. The SMILES string of the molecule is COc1ccc2sc(C(=O)N3CCNC(C)C3C)c(C)c2c1. The molecule has 4 nitrogen and oxygen atoms in total. The third-order valence-corrected chi connectivity index (χ3v) is 5.89. The number of hydrogen-bond acceptors (Lipinski definition) is 4. The first kappa shape index (κ1) is 15.3. The van der Waals surface area contributed by atoms with Crippen LogP contribution in [0.5, 0.6) is 5.75 Å². The highest BCUT2D eigenvalue weighted by Gasteiger charge is 2.30. The van der Waals surface area contributed by atoms with Crippen molar-refractivity contribution in [2.75, 3.05) is 20.2 Å².